The SMILES string of the molecule is [CH2]CC(=O)OC(=O)CC. The Morgan fingerprint density at radius 2 is 2.00 bits per heavy atom. The predicted molar refractivity (Wildman–Crippen MR) is 31.4 cm³/mol. The van der Waals surface area contributed by atoms with Crippen molar-refractivity contribution >= 4 is 11.9 Å². The molecule has 0 amide bonds. The Kier molecular flexibility index (Phi) is 3.67. The molecule has 3 nitrogen and oxygen atoms in total. The molecule has 0 rings (SSSR count). The van der Waals surface area contributed by atoms with E-state index in [2.05, 4.69) is 11.7 Å². The molecule has 0 fully saturated rings. The maximum absolute atomic E-state index is 10.3. The first-order valence-corrected chi connectivity index (χ1v) is 2.73. The van der Waals surface area contributed by atoms with Gasteiger partial charge in [0.2, 0.25) is 0 Å². The summed E-state index contributed by atoms with van der Waals surface area (Å²) in [5, 5.41) is 0. The van der Waals surface area contributed by atoms with Crippen LogP contribution in [0.3, 0.4) is 0 Å². The number of esters is 2. The highest BCUT2D eigenvalue weighted by Crippen LogP contribution is 1.87. The third-order valence-corrected chi connectivity index (χ3v) is 0.720. The van der Waals surface area contributed by atoms with Crippen molar-refractivity contribution < 1.29 is 14.3 Å². The van der Waals surface area contributed by atoms with Gasteiger partial charge in [-0.25, -0.2) is 0 Å². The first kappa shape index (κ1) is 8.14. The number of carbonyl (C=O) groups is 2. The lowest BCUT2D eigenvalue weighted by Crippen LogP contribution is -2.09. The smallest absolute Gasteiger partial charge is 0.313 e. The summed E-state index contributed by atoms with van der Waals surface area (Å²) in [6.45, 7) is 4.87. The highest BCUT2D eigenvalue weighted by molar-refractivity contribution is 5.85. The monoisotopic (exact) mass is 129 g/mol. The number of carbonyl (C=O) groups excluding carboxylic acids is 2. The van der Waals surface area contributed by atoms with Crippen LogP contribution in [0.1, 0.15) is 19.8 Å². The summed E-state index contributed by atoms with van der Waals surface area (Å²) in [7, 11) is 0. The van der Waals surface area contributed by atoms with Gasteiger partial charge < -0.3 is 4.74 Å². The molecule has 51 valence electrons. The fourth-order valence-corrected chi connectivity index (χ4v) is 0.250. The molecule has 0 aliphatic heterocycles. The van der Waals surface area contributed by atoms with Crippen molar-refractivity contribution in [2.24, 2.45) is 0 Å². The van der Waals surface area contributed by atoms with Crippen LogP contribution < -0.4 is 0 Å². The van der Waals surface area contributed by atoms with Crippen molar-refractivity contribution in [3.05, 3.63) is 6.92 Å². The van der Waals surface area contributed by atoms with E-state index in [0.29, 0.717) is 0 Å². The number of ether oxygens (including phenoxy) is 1. The van der Waals surface area contributed by atoms with Crippen LogP contribution >= 0.6 is 0 Å². The van der Waals surface area contributed by atoms with Crippen LogP contribution in [0.5, 0.6) is 0 Å². The molecule has 0 unspecified atom stereocenters. The van der Waals surface area contributed by atoms with Gasteiger partial charge in [-0.05, 0) is 6.92 Å². The van der Waals surface area contributed by atoms with Gasteiger partial charge in [0, 0.05) is 12.8 Å². The zero-order valence-electron chi connectivity index (χ0n) is 5.35. The van der Waals surface area contributed by atoms with Crippen LogP contribution in [0.15, 0.2) is 0 Å². The Morgan fingerprint density at radius 3 is 2.33 bits per heavy atom. The minimum atomic E-state index is -0.568. The van der Waals surface area contributed by atoms with Gasteiger partial charge in [-0.15, -0.1) is 0 Å². The summed E-state index contributed by atoms with van der Waals surface area (Å²) in [5.74, 6) is -1.06. The summed E-state index contributed by atoms with van der Waals surface area (Å²) in [6.07, 6.45) is 0.234. The summed E-state index contributed by atoms with van der Waals surface area (Å²) in [6, 6.07) is 0. The molecule has 0 atom stereocenters. The molecule has 0 aliphatic carbocycles. The van der Waals surface area contributed by atoms with Crippen LogP contribution in [0, 0.1) is 6.92 Å². The predicted octanol–water partition coefficient (Wildman–Crippen LogP) is 0.690. The van der Waals surface area contributed by atoms with Crippen LogP contribution in [0.4, 0.5) is 0 Å². The first-order chi connectivity index (χ1) is 4.20. The molecule has 0 heterocycles. The summed E-state index contributed by atoms with van der Waals surface area (Å²) >= 11 is 0. The molecule has 0 saturated heterocycles. The van der Waals surface area contributed by atoms with E-state index in [9.17, 15) is 9.59 Å². The fourth-order valence-electron chi connectivity index (χ4n) is 0.250. The zero-order chi connectivity index (χ0) is 7.28. The lowest BCUT2D eigenvalue weighted by molar-refractivity contribution is -0.158. The quantitative estimate of drug-likeness (QED) is 0.407. The summed E-state index contributed by atoms with van der Waals surface area (Å²) in [5.41, 5.74) is 0. The molecule has 0 aromatic rings. The Morgan fingerprint density at radius 1 is 1.44 bits per heavy atom. The fraction of sp³-hybridized carbons (Fsp3) is 0.500. The average molecular weight is 129 g/mol. The van der Waals surface area contributed by atoms with E-state index >= 15 is 0 Å². The Bertz CT molecular complexity index is 103. The summed E-state index contributed by atoms with van der Waals surface area (Å²) in [4.78, 5) is 20.6. The Labute approximate surface area is 54.0 Å². The molecule has 0 spiro atoms. The maximum atomic E-state index is 10.3. The molecule has 1 radical (unpaired) electrons. The molecule has 0 aromatic carbocycles. The van der Waals surface area contributed by atoms with E-state index in [1.54, 1.807) is 6.92 Å². The summed E-state index contributed by atoms with van der Waals surface area (Å²) < 4.78 is 4.21. The Balaban J connectivity index is 3.47. The number of hydrogen-bond donors (Lipinski definition) is 0. The van der Waals surface area contributed by atoms with Crippen molar-refractivity contribution in [2.45, 2.75) is 19.8 Å². The maximum Gasteiger partial charge on any atom is 0.313 e. The van der Waals surface area contributed by atoms with Crippen molar-refractivity contribution in [1.29, 1.82) is 0 Å². The highest BCUT2D eigenvalue weighted by Gasteiger charge is 2.03. The molecule has 0 bridgehead atoms. The van der Waals surface area contributed by atoms with Crippen LogP contribution in [0.25, 0.3) is 0 Å². The van der Waals surface area contributed by atoms with Gasteiger partial charge in [0.15, 0.2) is 0 Å². The van der Waals surface area contributed by atoms with E-state index in [1.165, 1.54) is 0 Å². The van der Waals surface area contributed by atoms with E-state index < -0.39 is 11.9 Å². The van der Waals surface area contributed by atoms with E-state index in [4.69, 9.17) is 0 Å². The number of hydrogen-bond acceptors (Lipinski definition) is 3. The standard InChI is InChI=1S/C6H9O3/c1-3-5(7)9-6(8)4-2/h1,3-4H2,2H3. The van der Waals surface area contributed by atoms with Crippen molar-refractivity contribution in [3.63, 3.8) is 0 Å². The Hall–Kier alpha value is -0.860. The largest absolute Gasteiger partial charge is 0.393 e. The average Bonchev–Trinajstić information content (AvgIpc) is 1.87. The molecule has 3 heteroatoms. The molecular weight excluding hydrogens is 120 g/mol. The van der Waals surface area contributed by atoms with Crippen molar-refractivity contribution in [3.8, 4) is 0 Å². The highest BCUT2D eigenvalue weighted by atomic mass is 16.6. The minimum absolute atomic E-state index is 0.00569. The third-order valence-electron chi connectivity index (χ3n) is 0.720. The lowest BCUT2D eigenvalue weighted by Gasteiger charge is -1.95. The topological polar surface area (TPSA) is 43.4 Å². The van der Waals surface area contributed by atoms with E-state index in [0.717, 1.165) is 0 Å². The van der Waals surface area contributed by atoms with Crippen LogP contribution in [-0.4, -0.2) is 11.9 Å². The second kappa shape index (κ2) is 4.06. The zero-order valence-corrected chi connectivity index (χ0v) is 5.35. The van der Waals surface area contributed by atoms with Gasteiger partial charge in [-0.2, -0.15) is 0 Å². The third kappa shape index (κ3) is 3.70. The molecule has 0 saturated carbocycles. The van der Waals surface area contributed by atoms with Gasteiger partial charge in [0.05, 0.1) is 0 Å². The second-order valence-electron chi connectivity index (χ2n) is 1.45. The van der Waals surface area contributed by atoms with Gasteiger partial charge >= 0.3 is 11.9 Å². The lowest BCUT2D eigenvalue weighted by atomic mass is 10.5. The van der Waals surface area contributed by atoms with E-state index in [-0.39, 0.29) is 12.8 Å². The molecule has 0 N–H and O–H groups in total. The van der Waals surface area contributed by atoms with E-state index in [1.807, 2.05) is 0 Å². The van der Waals surface area contributed by atoms with Gasteiger partial charge in [-0.1, -0.05) is 6.92 Å². The van der Waals surface area contributed by atoms with Gasteiger partial charge in [-0.3, -0.25) is 9.59 Å². The van der Waals surface area contributed by atoms with Crippen molar-refractivity contribution in [1.82, 2.24) is 0 Å². The molecule has 0 aromatic heterocycles. The second-order valence-corrected chi connectivity index (χ2v) is 1.45. The molecule has 0 aliphatic rings. The van der Waals surface area contributed by atoms with Gasteiger partial charge in [0.25, 0.3) is 0 Å². The van der Waals surface area contributed by atoms with Crippen LogP contribution in [-0.2, 0) is 14.3 Å². The first-order valence-electron chi connectivity index (χ1n) is 2.73. The molecular formula is C6H9O3. The molecule has 9 heavy (non-hydrogen) atoms. The van der Waals surface area contributed by atoms with Crippen molar-refractivity contribution in [2.75, 3.05) is 0 Å². The van der Waals surface area contributed by atoms with Gasteiger partial charge in [0.1, 0.15) is 0 Å². The minimum Gasteiger partial charge on any atom is -0.393 e. The number of rotatable bonds is 2. The normalized spacial score (nSPS) is 8.67. The van der Waals surface area contributed by atoms with Crippen LogP contribution in [0.2, 0.25) is 0 Å².